The summed E-state index contributed by atoms with van der Waals surface area (Å²) in [5.41, 5.74) is 0. The van der Waals surface area contributed by atoms with Gasteiger partial charge >= 0.3 is 0 Å². The molecule has 1 fully saturated rings. The molecule has 90 valence electrons. The largest absolute Gasteiger partial charge is 0.339 e. The Kier molecular flexibility index (Phi) is 3.59. The van der Waals surface area contributed by atoms with Crippen molar-refractivity contribution in [2.45, 2.75) is 39.5 Å². The van der Waals surface area contributed by atoms with Crippen LogP contribution in [0.25, 0.3) is 0 Å². The number of hydrogen-bond donors (Lipinski definition) is 0. The molecule has 1 aromatic heterocycles. The molecular formula is C12H21N3O. The van der Waals surface area contributed by atoms with Gasteiger partial charge in [0, 0.05) is 12.5 Å². The maximum absolute atomic E-state index is 5.24. The zero-order chi connectivity index (χ0) is 11.5. The van der Waals surface area contributed by atoms with Crippen LogP contribution in [0.3, 0.4) is 0 Å². The monoisotopic (exact) mass is 223 g/mol. The summed E-state index contributed by atoms with van der Waals surface area (Å²) >= 11 is 0. The third-order valence-electron chi connectivity index (χ3n) is 3.10. The molecule has 1 saturated heterocycles. The molecule has 0 N–H and O–H groups in total. The van der Waals surface area contributed by atoms with Gasteiger partial charge in [0.1, 0.15) is 0 Å². The summed E-state index contributed by atoms with van der Waals surface area (Å²) in [4.78, 5) is 6.86. The van der Waals surface area contributed by atoms with Gasteiger partial charge in [0.2, 0.25) is 5.89 Å². The van der Waals surface area contributed by atoms with Crippen molar-refractivity contribution in [3.8, 4) is 0 Å². The summed E-state index contributed by atoms with van der Waals surface area (Å²) in [5.74, 6) is 2.81. The molecule has 0 amide bonds. The molecule has 0 aliphatic carbocycles. The van der Waals surface area contributed by atoms with Crippen molar-refractivity contribution in [3.05, 3.63) is 11.7 Å². The van der Waals surface area contributed by atoms with Crippen molar-refractivity contribution in [3.63, 3.8) is 0 Å². The first-order chi connectivity index (χ1) is 7.65. The van der Waals surface area contributed by atoms with Crippen molar-refractivity contribution in [1.82, 2.24) is 15.0 Å². The van der Waals surface area contributed by atoms with Crippen molar-refractivity contribution in [2.24, 2.45) is 5.92 Å². The molecule has 0 radical (unpaired) electrons. The predicted octanol–water partition coefficient (Wildman–Crippen LogP) is 2.21. The number of aryl methyl sites for hydroxylation is 1. The minimum absolute atomic E-state index is 0.476. The minimum Gasteiger partial charge on any atom is -0.339 e. The Morgan fingerprint density at radius 3 is 2.56 bits per heavy atom. The number of hydrogen-bond acceptors (Lipinski definition) is 4. The molecule has 0 saturated carbocycles. The molecule has 4 heteroatoms. The number of rotatable bonds is 3. The summed E-state index contributed by atoms with van der Waals surface area (Å²) in [6, 6.07) is 0. The second-order valence-corrected chi connectivity index (χ2v) is 5.15. The maximum atomic E-state index is 5.24. The van der Waals surface area contributed by atoms with E-state index in [9.17, 15) is 0 Å². The van der Waals surface area contributed by atoms with E-state index in [0.717, 1.165) is 43.6 Å². The number of likely N-dealkylation sites (tertiary alicyclic amines) is 1. The minimum atomic E-state index is 0.476. The van der Waals surface area contributed by atoms with Crippen LogP contribution in [-0.4, -0.2) is 34.7 Å². The first-order valence-corrected chi connectivity index (χ1v) is 6.17. The number of aromatic nitrogens is 2. The Labute approximate surface area is 97.0 Å². The van der Waals surface area contributed by atoms with Gasteiger partial charge in [0.15, 0.2) is 5.82 Å². The molecule has 1 aliphatic heterocycles. The van der Waals surface area contributed by atoms with Gasteiger partial charge in [0.25, 0.3) is 0 Å². The van der Waals surface area contributed by atoms with Crippen LogP contribution in [0.1, 0.15) is 44.3 Å². The molecule has 1 aliphatic rings. The van der Waals surface area contributed by atoms with Crippen LogP contribution in [0.4, 0.5) is 0 Å². The fraction of sp³-hybridized carbons (Fsp3) is 0.833. The molecule has 0 atom stereocenters. The Morgan fingerprint density at radius 1 is 1.38 bits per heavy atom. The Hall–Kier alpha value is -0.900. The fourth-order valence-electron chi connectivity index (χ4n) is 2.36. The van der Waals surface area contributed by atoms with Crippen LogP contribution in [0, 0.1) is 12.8 Å². The number of nitrogens with zero attached hydrogens (tertiary/aromatic N) is 3. The summed E-state index contributed by atoms with van der Waals surface area (Å²) in [7, 11) is 0. The van der Waals surface area contributed by atoms with Gasteiger partial charge in [-0.1, -0.05) is 19.0 Å². The van der Waals surface area contributed by atoms with Gasteiger partial charge in [0.05, 0.1) is 0 Å². The highest BCUT2D eigenvalue weighted by molar-refractivity contribution is 4.95. The van der Waals surface area contributed by atoms with Crippen molar-refractivity contribution >= 4 is 0 Å². The normalized spacial score (nSPS) is 19.5. The first kappa shape index (κ1) is 11.6. The molecular weight excluding hydrogens is 202 g/mol. The van der Waals surface area contributed by atoms with E-state index in [0.29, 0.717) is 5.92 Å². The van der Waals surface area contributed by atoms with E-state index in [4.69, 9.17) is 4.52 Å². The molecule has 0 aromatic carbocycles. The van der Waals surface area contributed by atoms with Gasteiger partial charge in [-0.05, 0) is 38.8 Å². The van der Waals surface area contributed by atoms with Crippen LogP contribution in [0.2, 0.25) is 0 Å². The first-order valence-electron chi connectivity index (χ1n) is 6.17. The highest BCUT2D eigenvalue weighted by Gasteiger charge is 2.24. The maximum Gasteiger partial charge on any atom is 0.229 e. The van der Waals surface area contributed by atoms with Gasteiger partial charge in [-0.15, -0.1) is 0 Å². The van der Waals surface area contributed by atoms with Crippen LogP contribution in [-0.2, 0) is 0 Å². The van der Waals surface area contributed by atoms with E-state index in [-0.39, 0.29) is 0 Å². The zero-order valence-electron chi connectivity index (χ0n) is 10.4. The van der Waals surface area contributed by atoms with Crippen molar-refractivity contribution < 1.29 is 4.52 Å². The van der Waals surface area contributed by atoms with E-state index < -0.39 is 0 Å². The standard InChI is InChI=1S/C12H21N3O/c1-9(2)8-15-6-4-11(5-7-15)12-13-10(3)14-16-12/h9,11H,4-8H2,1-3H3. The lowest BCUT2D eigenvalue weighted by Gasteiger charge is -2.31. The fourth-order valence-corrected chi connectivity index (χ4v) is 2.36. The molecule has 0 spiro atoms. The SMILES string of the molecule is Cc1noc(C2CCN(CC(C)C)CC2)n1. The highest BCUT2D eigenvalue weighted by atomic mass is 16.5. The smallest absolute Gasteiger partial charge is 0.229 e. The van der Waals surface area contributed by atoms with E-state index in [1.807, 2.05) is 6.92 Å². The molecule has 0 unspecified atom stereocenters. The molecule has 2 rings (SSSR count). The lowest BCUT2D eigenvalue weighted by atomic mass is 9.96. The highest BCUT2D eigenvalue weighted by Crippen LogP contribution is 2.26. The third kappa shape index (κ3) is 2.82. The summed E-state index contributed by atoms with van der Waals surface area (Å²) < 4.78 is 5.24. The third-order valence-corrected chi connectivity index (χ3v) is 3.10. The van der Waals surface area contributed by atoms with Crippen LogP contribution >= 0.6 is 0 Å². The van der Waals surface area contributed by atoms with E-state index in [2.05, 4.69) is 28.9 Å². The molecule has 0 bridgehead atoms. The van der Waals surface area contributed by atoms with Crippen LogP contribution < -0.4 is 0 Å². The molecule has 1 aromatic rings. The molecule has 2 heterocycles. The van der Waals surface area contributed by atoms with E-state index in [1.54, 1.807) is 0 Å². The average molecular weight is 223 g/mol. The molecule has 16 heavy (non-hydrogen) atoms. The van der Waals surface area contributed by atoms with E-state index >= 15 is 0 Å². The van der Waals surface area contributed by atoms with Crippen molar-refractivity contribution in [1.29, 1.82) is 0 Å². The van der Waals surface area contributed by atoms with Crippen LogP contribution in [0.15, 0.2) is 4.52 Å². The zero-order valence-corrected chi connectivity index (χ0v) is 10.4. The van der Waals surface area contributed by atoms with Gasteiger partial charge < -0.3 is 9.42 Å². The Bertz CT molecular complexity index is 327. The van der Waals surface area contributed by atoms with E-state index in [1.165, 1.54) is 6.54 Å². The number of piperidine rings is 1. The van der Waals surface area contributed by atoms with Crippen molar-refractivity contribution in [2.75, 3.05) is 19.6 Å². The van der Waals surface area contributed by atoms with Gasteiger partial charge in [-0.3, -0.25) is 0 Å². The average Bonchev–Trinajstić information content (AvgIpc) is 2.65. The Balaban J connectivity index is 1.85. The van der Waals surface area contributed by atoms with Crippen LogP contribution in [0.5, 0.6) is 0 Å². The summed E-state index contributed by atoms with van der Waals surface area (Å²) in [6.07, 6.45) is 2.29. The van der Waals surface area contributed by atoms with Gasteiger partial charge in [-0.25, -0.2) is 0 Å². The van der Waals surface area contributed by atoms with Gasteiger partial charge in [-0.2, -0.15) is 4.98 Å². The lowest BCUT2D eigenvalue weighted by Crippen LogP contribution is -2.35. The second-order valence-electron chi connectivity index (χ2n) is 5.15. The molecule has 4 nitrogen and oxygen atoms in total. The summed E-state index contributed by atoms with van der Waals surface area (Å²) in [6.45, 7) is 9.94. The quantitative estimate of drug-likeness (QED) is 0.788. The summed E-state index contributed by atoms with van der Waals surface area (Å²) in [5, 5.41) is 3.86. The lowest BCUT2D eigenvalue weighted by molar-refractivity contribution is 0.178. The Morgan fingerprint density at radius 2 is 2.06 bits per heavy atom. The topological polar surface area (TPSA) is 42.2 Å². The second kappa shape index (κ2) is 4.95. The predicted molar refractivity (Wildman–Crippen MR) is 62.3 cm³/mol.